The van der Waals surface area contributed by atoms with E-state index in [1.54, 1.807) is 13.8 Å². The average molecular weight is 351 g/mol. The monoisotopic (exact) mass is 351 g/mol. The summed E-state index contributed by atoms with van der Waals surface area (Å²) in [4.78, 5) is 39.6. The lowest BCUT2D eigenvalue weighted by Gasteiger charge is -2.37. The molecule has 2 aliphatic rings. The van der Waals surface area contributed by atoms with E-state index in [1.807, 2.05) is 0 Å². The normalized spacial score (nSPS) is 19.7. The number of hydrogen-bond acceptors (Lipinski definition) is 3. The quantitative estimate of drug-likeness (QED) is 0.828. The van der Waals surface area contributed by atoms with Crippen molar-refractivity contribution in [3.05, 3.63) is 35.4 Å². The molecule has 0 radical (unpaired) electrons. The molecule has 6 nitrogen and oxygen atoms in total. The average Bonchev–Trinajstić information content (AvgIpc) is 2.80. The Labute approximate surface area is 143 Å². The molecule has 0 bridgehead atoms. The van der Waals surface area contributed by atoms with Gasteiger partial charge in [-0.3, -0.25) is 14.5 Å². The summed E-state index contributed by atoms with van der Waals surface area (Å²) in [7, 11) is 0. The third-order valence-corrected chi connectivity index (χ3v) is 4.77. The highest BCUT2D eigenvalue weighted by molar-refractivity contribution is 6.07. The van der Waals surface area contributed by atoms with Crippen LogP contribution in [0.4, 0.5) is 13.6 Å². The van der Waals surface area contributed by atoms with Crippen molar-refractivity contribution in [3.63, 3.8) is 0 Å². The van der Waals surface area contributed by atoms with Crippen molar-refractivity contribution < 1.29 is 23.2 Å². The summed E-state index contributed by atoms with van der Waals surface area (Å²) in [5.41, 5.74) is -1.35. The number of likely N-dealkylation sites (tertiary alicyclic amines) is 1. The molecule has 0 aromatic heterocycles. The molecule has 25 heavy (non-hydrogen) atoms. The van der Waals surface area contributed by atoms with E-state index in [-0.39, 0.29) is 43.4 Å². The summed E-state index contributed by atoms with van der Waals surface area (Å²) >= 11 is 0. The van der Waals surface area contributed by atoms with Crippen LogP contribution >= 0.6 is 0 Å². The van der Waals surface area contributed by atoms with Crippen molar-refractivity contribution in [3.8, 4) is 0 Å². The fourth-order valence-corrected chi connectivity index (χ4v) is 3.37. The molecule has 4 amide bonds. The Kier molecular flexibility index (Phi) is 4.22. The Morgan fingerprint density at radius 1 is 1.20 bits per heavy atom. The van der Waals surface area contributed by atoms with Crippen LogP contribution < -0.4 is 5.32 Å². The summed E-state index contributed by atoms with van der Waals surface area (Å²) in [5.74, 6) is -2.40. The Morgan fingerprint density at radius 2 is 1.84 bits per heavy atom. The first-order valence-electron chi connectivity index (χ1n) is 8.15. The topological polar surface area (TPSA) is 69.7 Å². The number of carbonyl (C=O) groups excluding carboxylic acids is 3. The zero-order valence-electron chi connectivity index (χ0n) is 14.0. The molecule has 3 rings (SSSR count). The van der Waals surface area contributed by atoms with E-state index in [4.69, 9.17) is 0 Å². The lowest BCUT2D eigenvalue weighted by atomic mass is 9.87. The molecule has 1 N–H and O–H groups in total. The maximum Gasteiger partial charge on any atom is 0.325 e. The maximum atomic E-state index is 13.8. The van der Waals surface area contributed by atoms with Crippen LogP contribution in [0.3, 0.4) is 0 Å². The molecule has 2 saturated heterocycles. The van der Waals surface area contributed by atoms with Crippen LogP contribution in [0.1, 0.15) is 37.0 Å². The summed E-state index contributed by atoms with van der Waals surface area (Å²) in [6, 6.07) is 2.04. The smallest absolute Gasteiger partial charge is 0.325 e. The van der Waals surface area contributed by atoms with Gasteiger partial charge in [-0.15, -0.1) is 0 Å². The highest BCUT2D eigenvalue weighted by atomic mass is 19.1. The van der Waals surface area contributed by atoms with Crippen molar-refractivity contribution in [1.29, 1.82) is 0 Å². The predicted octanol–water partition coefficient (Wildman–Crippen LogP) is 1.90. The highest BCUT2D eigenvalue weighted by Gasteiger charge is 2.53. The van der Waals surface area contributed by atoms with Crippen LogP contribution in [-0.2, 0) is 4.79 Å². The number of imide groups is 1. The number of benzene rings is 1. The molecule has 1 spiro atoms. The highest BCUT2D eigenvalue weighted by Crippen LogP contribution is 2.31. The van der Waals surface area contributed by atoms with Gasteiger partial charge in [0.2, 0.25) is 0 Å². The molecule has 134 valence electrons. The number of nitrogens with zero attached hydrogens (tertiary/aromatic N) is 2. The fourth-order valence-electron chi connectivity index (χ4n) is 3.37. The lowest BCUT2D eigenvalue weighted by molar-refractivity contribution is -0.133. The van der Waals surface area contributed by atoms with Crippen LogP contribution in [0.15, 0.2) is 18.2 Å². The molecule has 0 saturated carbocycles. The van der Waals surface area contributed by atoms with Gasteiger partial charge in [0, 0.05) is 19.1 Å². The minimum Gasteiger partial charge on any atom is -0.338 e. The second kappa shape index (κ2) is 6.09. The number of piperidine rings is 1. The first-order chi connectivity index (χ1) is 11.7. The van der Waals surface area contributed by atoms with Gasteiger partial charge in [-0.05, 0) is 44.9 Å². The SMILES string of the molecule is CC(C)N1C(=O)NC2(CCN(C(=O)c3cc(F)ccc3F)CC2)C1=O. The molecule has 2 aliphatic heterocycles. The van der Waals surface area contributed by atoms with Gasteiger partial charge in [-0.2, -0.15) is 0 Å². The third-order valence-electron chi connectivity index (χ3n) is 4.77. The molecule has 0 unspecified atom stereocenters. The number of halogens is 2. The molecule has 2 fully saturated rings. The fraction of sp³-hybridized carbons (Fsp3) is 0.471. The standard InChI is InChI=1S/C17H19F2N3O3/c1-10(2)22-15(24)17(20-16(22)25)5-7-21(8-6-17)14(23)12-9-11(18)3-4-13(12)19/h3-4,9-10H,5-8H2,1-2H3,(H,20,25). The van der Waals surface area contributed by atoms with Crippen LogP contribution in [0.25, 0.3) is 0 Å². The van der Waals surface area contributed by atoms with E-state index in [0.29, 0.717) is 0 Å². The Bertz CT molecular complexity index is 743. The zero-order valence-corrected chi connectivity index (χ0v) is 14.0. The summed E-state index contributed by atoms with van der Waals surface area (Å²) in [6.07, 6.45) is 0.479. The second-order valence-electron chi connectivity index (χ2n) is 6.70. The van der Waals surface area contributed by atoms with Crippen LogP contribution in [0.2, 0.25) is 0 Å². The lowest BCUT2D eigenvalue weighted by Crippen LogP contribution is -2.56. The first kappa shape index (κ1) is 17.3. The van der Waals surface area contributed by atoms with Crippen LogP contribution in [0, 0.1) is 11.6 Å². The molecule has 1 aromatic rings. The molecular formula is C17H19F2N3O3. The van der Waals surface area contributed by atoms with Crippen molar-refractivity contribution in [2.75, 3.05) is 13.1 Å². The van der Waals surface area contributed by atoms with Crippen molar-refractivity contribution in [2.24, 2.45) is 0 Å². The van der Waals surface area contributed by atoms with E-state index in [9.17, 15) is 23.2 Å². The van der Waals surface area contributed by atoms with Gasteiger partial charge in [-0.25, -0.2) is 13.6 Å². The van der Waals surface area contributed by atoms with E-state index in [0.717, 1.165) is 18.2 Å². The van der Waals surface area contributed by atoms with Gasteiger partial charge in [-0.1, -0.05) is 0 Å². The Morgan fingerprint density at radius 3 is 2.40 bits per heavy atom. The van der Waals surface area contributed by atoms with E-state index < -0.39 is 29.1 Å². The molecule has 8 heteroatoms. The number of hydrogen-bond donors (Lipinski definition) is 1. The summed E-state index contributed by atoms with van der Waals surface area (Å²) in [6.45, 7) is 3.85. The van der Waals surface area contributed by atoms with E-state index >= 15 is 0 Å². The van der Waals surface area contributed by atoms with Gasteiger partial charge in [0.25, 0.3) is 11.8 Å². The maximum absolute atomic E-state index is 13.8. The number of amides is 4. The summed E-state index contributed by atoms with van der Waals surface area (Å²) in [5, 5.41) is 2.74. The number of urea groups is 1. The Balaban J connectivity index is 1.74. The van der Waals surface area contributed by atoms with E-state index in [2.05, 4.69) is 5.32 Å². The predicted molar refractivity (Wildman–Crippen MR) is 84.7 cm³/mol. The van der Waals surface area contributed by atoms with Gasteiger partial charge < -0.3 is 10.2 Å². The van der Waals surface area contributed by atoms with Crippen molar-refractivity contribution in [2.45, 2.75) is 38.3 Å². The second-order valence-corrected chi connectivity index (χ2v) is 6.70. The third kappa shape index (κ3) is 2.85. The van der Waals surface area contributed by atoms with E-state index in [1.165, 1.54) is 9.80 Å². The summed E-state index contributed by atoms with van der Waals surface area (Å²) < 4.78 is 27.1. The van der Waals surface area contributed by atoms with Gasteiger partial charge in [0.05, 0.1) is 5.56 Å². The molecule has 0 atom stereocenters. The van der Waals surface area contributed by atoms with Gasteiger partial charge in [0.1, 0.15) is 17.2 Å². The number of rotatable bonds is 2. The molecule has 0 aliphatic carbocycles. The van der Waals surface area contributed by atoms with Gasteiger partial charge in [0.15, 0.2) is 0 Å². The molecule has 1 aromatic carbocycles. The van der Waals surface area contributed by atoms with Crippen molar-refractivity contribution in [1.82, 2.24) is 15.1 Å². The van der Waals surface area contributed by atoms with Crippen LogP contribution in [0.5, 0.6) is 0 Å². The van der Waals surface area contributed by atoms with Gasteiger partial charge >= 0.3 is 6.03 Å². The van der Waals surface area contributed by atoms with Crippen LogP contribution in [-0.4, -0.2) is 52.3 Å². The Hall–Kier alpha value is -2.51. The molecule has 2 heterocycles. The minimum absolute atomic E-state index is 0.173. The largest absolute Gasteiger partial charge is 0.338 e. The first-order valence-corrected chi connectivity index (χ1v) is 8.15. The number of carbonyl (C=O) groups is 3. The molecular weight excluding hydrogens is 332 g/mol. The minimum atomic E-state index is -1.02. The number of nitrogens with one attached hydrogen (secondary N) is 1. The zero-order chi connectivity index (χ0) is 18.4. The van der Waals surface area contributed by atoms with Crippen molar-refractivity contribution >= 4 is 17.8 Å².